The first-order valence-electron chi connectivity index (χ1n) is 3.44. The van der Waals surface area contributed by atoms with Crippen molar-refractivity contribution in [3.63, 3.8) is 0 Å². The van der Waals surface area contributed by atoms with Crippen LogP contribution in [0.25, 0.3) is 0 Å². The molecule has 0 amide bonds. The lowest BCUT2D eigenvalue weighted by atomic mass is 10.3. The average Bonchev–Trinajstić information content (AvgIpc) is 2.37. The molecule has 0 aliphatic heterocycles. The standard InChI is InChI=1S/C8H10N2S/c1-7-4-8(6-11-7)5-10-3-2-9/h4,6,10H,3,5H2,1H3. The van der Waals surface area contributed by atoms with Gasteiger partial charge in [-0.3, -0.25) is 0 Å². The van der Waals surface area contributed by atoms with Crippen LogP contribution in [0.2, 0.25) is 0 Å². The molecule has 11 heavy (non-hydrogen) atoms. The average molecular weight is 166 g/mol. The van der Waals surface area contributed by atoms with Gasteiger partial charge in [0.25, 0.3) is 0 Å². The number of nitrogens with zero attached hydrogens (tertiary/aromatic N) is 1. The smallest absolute Gasteiger partial charge is 0.0843 e. The number of aryl methyl sites for hydroxylation is 1. The van der Waals surface area contributed by atoms with Gasteiger partial charge in [-0.1, -0.05) is 0 Å². The molecule has 0 atom stereocenters. The summed E-state index contributed by atoms with van der Waals surface area (Å²) in [6, 6.07) is 4.17. The Morgan fingerprint density at radius 1 is 1.73 bits per heavy atom. The zero-order valence-corrected chi connectivity index (χ0v) is 7.24. The van der Waals surface area contributed by atoms with E-state index >= 15 is 0 Å². The lowest BCUT2D eigenvalue weighted by molar-refractivity contribution is 0.768. The number of thiophene rings is 1. The predicted octanol–water partition coefficient (Wildman–Crippen LogP) is 1.67. The largest absolute Gasteiger partial charge is 0.300 e. The van der Waals surface area contributed by atoms with E-state index in [0.29, 0.717) is 6.54 Å². The van der Waals surface area contributed by atoms with Crippen LogP contribution in [0.5, 0.6) is 0 Å². The van der Waals surface area contributed by atoms with Gasteiger partial charge in [-0.2, -0.15) is 5.26 Å². The summed E-state index contributed by atoms with van der Waals surface area (Å²) in [5, 5.41) is 13.4. The zero-order chi connectivity index (χ0) is 8.10. The van der Waals surface area contributed by atoms with E-state index in [1.807, 2.05) is 6.07 Å². The van der Waals surface area contributed by atoms with E-state index in [4.69, 9.17) is 5.26 Å². The van der Waals surface area contributed by atoms with Crippen molar-refractivity contribution >= 4 is 11.3 Å². The molecule has 1 rings (SSSR count). The maximum atomic E-state index is 8.24. The Morgan fingerprint density at radius 2 is 2.55 bits per heavy atom. The normalized spacial score (nSPS) is 9.45. The molecule has 1 aromatic rings. The molecule has 0 aromatic carbocycles. The van der Waals surface area contributed by atoms with Gasteiger partial charge in [0.2, 0.25) is 0 Å². The monoisotopic (exact) mass is 166 g/mol. The summed E-state index contributed by atoms with van der Waals surface area (Å²) in [6.07, 6.45) is 0. The Balaban J connectivity index is 2.34. The Kier molecular flexibility index (Phi) is 3.09. The van der Waals surface area contributed by atoms with E-state index in [9.17, 15) is 0 Å². The minimum atomic E-state index is 0.425. The molecule has 0 radical (unpaired) electrons. The first-order valence-corrected chi connectivity index (χ1v) is 4.32. The van der Waals surface area contributed by atoms with Crippen molar-refractivity contribution in [2.24, 2.45) is 0 Å². The molecule has 0 unspecified atom stereocenters. The molecule has 0 saturated heterocycles. The van der Waals surface area contributed by atoms with Crippen LogP contribution in [0.4, 0.5) is 0 Å². The van der Waals surface area contributed by atoms with Gasteiger partial charge in [0.05, 0.1) is 12.6 Å². The summed E-state index contributed by atoms with van der Waals surface area (Å²) in [4.78, 5) is 1.32. The molecular weight excluding hydrogens is 156 g/mol. The molecular formula is C8H10N2S. The Bertz CT molecular complexity index is 259. The highest BCUT2D eigenvalue weighted by molar-refractivity contribution is 7.10. The summed E-state index contributed by atoms with van der Waals surface area (Å²) in [5.41, 5.74) is 1.27. The third-order valence-corrected chi connectivity index (χ3v) is 2.23. The van der Waals surface area contributed by atoms with Gasteiger partial charge in [0.1, 0.15) is 0 Å². The van der Waals surface area contributed by atoms with Gasteiger partial charge in [0, 0.05) is 11.4 Å². The number of nitriles is 1. The van der Waals surface area contributed by atoms with E-state index < -0.39 is 0 Å². The third kappa shape index (κ3) is 2.71. The maximum Gasteiger partial charge on any atom is 0.0843 e. The zero-order valence-electron chi connectivity index (χ0n) is 6.42. The van der Waals surface area contributed by atoms with Gasteiger partial charge in [-0.15, -0.1) is 11.3 Å². The molecule has 0 aliphatic carbocycles. The Labute approximate surface area is 70.5 Å². The van der Waals surface area contributed by atoms with Crippen molar-refractivity contribution in [1.82, 2.24) is 5.32 Å². The van der Waals surface area contributed by atoms with Crippen molar-refractivity contribution < 1.29 is 0 Å². The molecule has 0 aliphatic rings. The highest BCUT2D eigenvalue weighted by Crippen LogP contribution is 2.12. The number of rotatable bonds is 3. The first-order chi connectivity index (χ1) is 5.33. The second-order valence-electron chi connectivity index (χ2n) is 2.33. The van der Waals surface area contributed by atoms with Crippen LogP contribution in [-0.2, 0) is 6.54 Å². The number of hydrogen-bond acceptors (Lipinski definition) is 3. The lowest BCUT2D eigenvalue weighted by Crippen LogP contribution is -2.12. The molecule has 0 bridgehead atoms. The summed E-state index contributed by atoms with van der Waals surface area (Å²) in [6.45, 7) is 3.31. The minimum Gasteiger partial charge on any atom is -0.300 e. The van der Waals surface area contributed by atoms with Crippen LogP contribution in [0.3, 0.4) is 0 Å². The minimum absolute atomic E-state index is 0.425. The van der Waals surface area contributed by atoms with Gasteiger partial charge in [-0.05, 0) is 23.9 Å². The SMILES string of the molecule is Cc1cc(CNCC#N)cs1. The highest BCUT2D eigenvalue weighted by Gasteiger charge is 1.93. The van der Waals surface area contributed by atoms with Crippen molar-refractivity contribution in [2.75, 3.05) is 6.54 Å². The Morgan fingerprint density at radius 3 is 3.09 bits per heavy atom. The van der Waals surface area contributed by atoms with Crippen molar-refractivity contribution in [3.8, 4) is 6.07 Å². The van der Waals surface area contributed by atoms with E-state index in [0.717, 1.165) is 6.54 Å². The van der Waals surface area contributed by atoms with Crippen LogP contribution in [0.1, 0.15) is 10.4 Å². The molecule has 0 saturated carbocycles. The Hall–Kier alpha value is -0.850. The topological polar surface area (TPSA) is 35.8 Å². The number of nitrogens with one attached hydrogen (secondary N) is 1. The first kappa shape index (κ1) is 8.25. The third-order valence-electron chi connectivity index (χ3n) is 1.32. The molecule has 1 heterocycles. The summed E-state index contributed by atoms with van der Waals surface area (Å²) in [5.74, 6) is 0. The van der Waals surface area contributed by atoms with Gasteiger partial charge >= 0.3 is 0 Å². The molecule has 0 fully saturated rings. The highest BCUT2D eigenvalue weighted by atomic mass is 32.1. The second kappa shape index (κ2) is 4.12. The van der Waals surface area contributed by atoms with Crippen LogP contribution in [0.15, 0.2) is 11.4 Å². The van der Waals surface area contributed by atoms with E-state index in [1.54, 1.807) is 11.3 Å². The second-order valence-corrected chi connectivity index (χ2v) is 3.44. The van der Waals surface area contributed by atoms with Crippen LogP contribution < -0.4 is 5.32 Å². The fourth-order valence-corrected chi connectivity index (χ4v) is 1.56. The summed E-state index contributed by atoms with van der Waals surface area (Å²) >= 11 is 1.74. The molecule has 3 heteroatoms. The maximum absolute atomic E-state index is 8.24. The summed E-state index contributed by atoms with van der Waals surface area (Å²) in [7, 11) is 0. The molecule has 2 nitrogen and oxygen atoms in total. The van der Waals surface area contributed by atoms with Crippen LogP contribution >= 0.6 is 11.3 Å². The predicted molar refractivity (Wildman–Crippen MR) is 46.4 cm³/mol. The van der Waals surface area contributed by atoms with Gasteiger partial charge < -0.3 is 5.32 Å². The fourth-order valence-electron chi connectivity index (χ4n) is 0.853. The van der Waals surface area contributed by atoms with Gasteiger partial charge in [-0.25, -0.2) is 0 Å². The van der Waals surface area contributed by atoms with E-state index in [-0.39, 0.29) is 0 Å². The molecule has 1 aromatic heterocycles. The molecule has 58 valence electrons. The molecule has 0 spiro atoms. The quantitative estimate of drug-likeness (QED) is 0.547. The lowest BCUT2D eigenvalue weighted by Gasteiger charge is -1.94. The van der Waals surface area contributed by atoms with E-state index in [2.05, 4.69) is 23.7 Å². The van der Waals surface area contributed by atoms with Crippen molar-refractivity contribution in [2.45, 2.75) is 13.5 Å². The number of hydrogen-bond donors (Lipinski definition) is 1. The molecule has 1 N–H and O–H groups in total. The van der Waals surface area contributed by atoms with Crippen molar-refractivity contribution in [3.05, 3.63) is 21.9 Å². The van der Waals surface area contributed by atoms with Crippen molar-refractivity contribution in [1.29, 1.82) is 5.26 Å². The summed E-state index contributed by atoms with van der Waals surface area (Å²) < 4.78 is 0. The van der Waals surface area contributed by atoms with Crippen LogP contribution in [-0.4, -0.2) is 6.54 Å². The van der Waals surface area contributed by atoms with Gasteiger partial charge in [0.15, 0.2) is 0 Å². The fraction of sp³-hybridized carbons (Fsp3) is 0.375. The van der Waals surface area contributed by atoms with Crippen LogP contribution in [0, 0.1) is 18.3 Å². The van der Waals surface area contributed by atoms with E-state index in [1.165, 1.54) is 10.4 Å².